The summed E-state index contributed by atoms with van der Waals surface area (Å²) in [6, 6.07) is 2.99. The van der Waals surface area contributed by atoms with Crippen LogP contribution < -0.4 is 5.32 Å². The van der Waals surface area contributed by atoms with Gasteiger partial charge in [-0.15, -0.1) is 0 Å². The summed E-state index contributed by atoms with van der Waals surface area (Å²) in [7, 11) is 0. The fourth-order valence-corrected chi connectivity index (χ4v) is 2.98. The number of halogens is 1. The van der Waals surface area contributed by atoms with Crippen molar-refractivity contribution in [1.29, 1.82) is 0 Å². The quantitative estimate of drug-likeness (QED) is 0.825. The van der Waals surface area contributed by atoms with E-state index in [1.54, 1.807) is 0 Å². The number of nitrogens with zero attached hydrogens (tertiary/aromatic N) is 1. The van der Waals surface area contributed by atoms with Gasteiger partial charge in [0.25, 0.3) is 0 Å². The summed E-state index contributed by atoms with van der Waals surface area (Å²) in [6.07, 6.45) is 10.2. The molecule has 1 heterocycles. The lowest BCUT2D eigenvalue weighted by Crippen LogP contribution is -2.34. The van der Waals surface area contributed by atoms with Gasteiger partial charge in [0.05, 0.1) is 0 Å². The number of rotatable bonds is 7. The highest BCUT2D eigenvalue weighted by atomic mass is 79.9. The molecule has 2 nitrogen and oxygen atoms in total. The number of pyridine rings is 1. The fourth-order valence-electron chi connectivity index (χ4n) is 2.57. The third kappa shape index (κ3) is 4.36. The minimum Gasteiger partial charge on any atom is -0.313 e. The number of aromatic nitrogens is 1. The summed E-state index contributed by atoms with van der Waals surface area (Å²) in [5, 5.41) is 3.68. The number of hydrogen-bond donors (Lipinski definition) is 1. The maximum atomic E-state index is 4.27. The zero-order chi connectivity index (χ0) is 13.0. The third-order valence-corrected chi connectivity index (χ3v) is 4.07. The highest BCUT2D eigenvalue weighted by molar-refractivity contribution is 9.10. The molecule has 1 N–H and O–H groups in total. The Balaban J connectivity index is 1.98. The van der Waals surface area contributed by atoms with Crippen LogP contribution in [-0.2, 0) is 6.42 Å². The highest BCUT2D eigenvalue weighted by Crippen LogP contribution is 2.30. The van der Waals surface area contributed by atoms with E-state index < -0.39 is 0 Å². The summed E-state index contributed by atoms with van der Waals surface area (Å²) in [5.74, 6) is 0. The summed E-state index contributed by atoms with van der Waals surface area (Å²) in [4.78, 5) is 4.27. The van der Waals surface area contributed by atoms with E-state index in [0.717, 1.165) is 23.5 Å². The average molecular weight is 311 g/mol. The monoisotopic (exact) mass is 310 g/mol. The average Bonchev–Trinajstić information content (AvgIpc) is 3.10. The molecule has 0 amide bonds. The molecule has 1 saturated carbocycles. The molecule has 0 radical (unpaired) electrons. The Hall–Kier alpha value is -0.410. The van der Waals surface area contributed by atoms with Gasteiger partial charge in [0.15, 0.2) is 0 Å². The first-order valence-corrected chi connectivity index (χ1v) is 7.73. The second-order valence-corrected chi connectivity index (χ2v) is 6.82. The Morgan fingerprint density at radius 1 is 1.44 bits per heavy atom. The molecule has 0 aromatic carbocycles. The topological polar surface area (TPSA) is 24.9 Å². The molecule has 0 saturated heterocycles. The largest absolute Gasteiger partial charge is 0.313 e. The zero-order valence-electron chi connectivity index (χ0n) is 11.4. The van der Waals surface area contributed by atoms with Crippen molar-refractivity contribution in [1.82, 2.24) is 10.3 Å². The van der Waals surface area contributed by atoms with Gasteiger partial charge in [0.1, 0.15) is 0 Å². The van der Waals surface area contributed by atoms with Crippen molar-refractivity contribution >= 4 is 15.9 Å². The molecule has 18 heavy (non-hydrogen) atoms. The van der Waals surface area contributed by atoms with Crippen molar-refractivity contribution in [3.63, 3.8) is 0 Å². The van der Waals surface area contributed by atoms with Crippen LogP contribution in [-0.4, -0.2) is 17.6 Å². The smallest absolute Gasteiger partial charge is 0.0410 e. The van der Waals surface area contributed by atoms with Gasteiger partial charge in [0, 0.05) is 29.5 Å². The van der Waals surface area contributed by atoms with Gasteiger partial charge in [-0.05, 0) is 58.7 Å². The Kier molecular flexibility index (Phi) is 4.79. The van der Waals surface area contributed by atoms with E-state index in [0.29, 0.717) is 5.41 Å². The van der Waals surface area contributed by atoms with Gasteiger partial charge in [-0.3, -0.25) is 4.98 Å². The van der Waals surface area contributed by atoms with Crippen LogP contribution in [0.2, 0.25) is 0 Å². The van der Waals surface area contributed by atoms with Crippen molar-refractivity contribution in [2.24, 2.45) is 5.41 Å². The van der Waals surface area contributed by atoms with Gasteiger partial charge in [-0.1, -0.05) is 20.3 Å². The van der Waals surface area contributed by atoms with Crippen LogP contribution in [0.4, 0.5) is 0 Å². The molecule has 100 valence electrons. The molecule has 1 aliphatic carbocycles. The van der Waals surface area contributed by atoms with Gasteiger partial charge in [-0.25, -0.2) is 0 Å². The lowest BCUT2D eigenvalue weighted by molar-refractivity contribution is 0.274. The molecule has 3 heteroatoms. The van der Waals surface area contributed by atoms with Crippen LogP contribution in [0.25, 0.3) is 0 Å². The molecule has 1 fully saturated rings. The number of hydrogen-bond acceptors (Lipinski definition) is 2. The Morgan fingerprint density at radius 3 is 2.83 bits per heavy atom. The van der Waals surface area contributed by atoms with E-state index in [1.165, 1.54) is 31.2 Å². The van der Waals surface area contributed by atoms with E-state index in [-0.39, 0.29) is 0 Å². The van der Waals surface area contributed by atoms with E-state index in [4.69, 9.17) is 0 Å². The Bertz CT molecular complexity index is 390. The first kappa shape index (κ1) is 14.0. The predicted octanol–water partition coefficient (Wildman–Crippen LogP) is 3.95. The lowest BCUT2D eigenvalue weighted by Gasteiger charge is -2.30. The summed E-state index contributed by atoms with van der Waals surface area (Å²) in [6.45, 7) is 5.79. The van der Waals surface area contributed by atoms with Gasteiger partial charge < -0.3 is 5.32 Å². The van der Waals surface area contributed by atoms with E-state index in [2.05, 4.69) is 46.1 Å². The van der Waals surface area contributed by atoms with Crippen molar-refractivity contribution in [3.05, 3.63) is 28.5 Å². The maximum absolute atomic E-state index is 4.27. The normalized spacial score (nSPS) is 18.6. The van der Waals surface area contributed by atoms with E-state index in [9.17, 15) is 0 Å². The molecular weight excluding hydrogens is 288 g/mol. The minimum absolute atomic E-state index is 0.347. The first-order valence-electron chi connectivity index (χ1n) is 6.94. The minimum atomic E-state index is 0.347. The second-order valence-electron chi connectivity index (χ2n) is 5.90. The molecular formula is C15H23BrN2. The third-order valence-electron chi connectivity index (χ3n) is 3.64. The highest BCUT2D eigenvalue weighted by Gasteiger charge is 2.28. The molecule has 0 spiro atoms. The molecule has 0 aliphatic heterocycles. The molecule has 1 aliphatic rings. The molecule has 1 atom stereocenters. The maximum Gasteiger partial charge on any atom is 0.0410 e. The molecule has 0 bridgehead atoms. The van der Waals surface area contributed by atoms with Crippen LogP contribution in [0, 0.1) is 5.41 Å². The summed E-state index contributed by atoms with van der Waals surface area (Å²) >= 11 is 3.50. The van der Waals surface area contributed by atoms with Crippen LogP contribution >= 0.6 is 15.9 Å². The van der Waals surface area contributed by atoms with Crippen LogP contribution in [0.3, 0.4) is 0 Å². The van der Waals surface area contributed by atoms with Gasteiger partial charge in [-0.2, -0.15) is 0 Å². The molecule has 1 aromatic heterocycles. The fraction of sp³-hybridized carbons (Fsp3) is 0.667. The van der Waals surface area contributed by atoms with E-state index in [1.807, 2.05) is 12.4 Å². The van der Waals surface area contributed by atoms with E-state index >= 15 is 0 Å². The number of nitrogens with one attached hydrogen (secondary N) is 1. The Morgan fingerprint density at radius 2 is 2.22 bits per heavy atom. The predicted molar refractivity (Wildman–Crippen MR) is 79.7 cm³/mol. The van der Waals surface area contributed by atoms with Crippen molar-refractivity contribution in [2.45, 2.75) is 52.0 Å². The summed E-state index contributed by atoms with van der Waals surface area (Å²) in [5.41, 5.74) is 1.68. The molecule has 1 unspecified atom stereocenters. The summed E-state index contributed by atoms with van der Waals surface area (Å²) < 4.78 is 1.08. The van der Waals surface area contributed by atoms with Crippen molar-refractivity contribution < 1.29 is 0 Å². The van der Waals surface area contributed by atoms with Gasteiger partial charge in [0.2, 0.25) is 0 Å². The Labute approximate surface area is 119 Å². The standard InChI is InChI=1S/C15H23BrN2/c1-3-6-15(2,11-18-14-4-5-14)8-12-7-13(16)10-17-9-12/h7,9-10,14,18H,3-6,8,11H2,1-2H3. The SMILES string of the molecule is CCCC(C)(CNC1CC1)Cc1cncc(Br)c1. The second kappa shape index (κ2) is 6.16. The van der Waals surface area contributed by atoms with Gasteiger partial charge >= 0.3 is 0 Å². The molecule has 2 rings (SSSR count). The lowest BCUT2D eigenvalue weighted by atomic mass is 9.80. The van der Waals surface area contributed by atoms with Crippen molar-refractivity contribution in [3.8, 4) is 0 Å². The zero-order valence-corrected chi connectivity index (χ0v) is 13.0. The molecule has 1 aromatic rings. The first-order chi connectivity index (χ1) is 8.61. The van der Waals surface area contributed by atoms with Crippen LogP contribution in [0.5, 0.6) is 0 Å². The van der Waals surface area contributed by atoms with Crippen LogP contribution in [0.15, 0.2) is 22.9 Å². The van der Waals surface area contributed by atoms with Crippen molar-refractivity contribution in [2.75, 3.05) is 6.54 Å². The van der Waals surface area contributed by atoms with Crippen LogP contribution in [0.1, 0.15) is 45.1 Å².